The van der Waals surface area contributed by atoms with Crippen molar-refractivity contribution in [2.24, 2.45) is 0 Å². The molecule has 19 heavy (non-hydrogen) atoms. The summed E-state index contributed by atoms with van der Waals surface area (Å²) in [5.74, 6) is -0.278. The Kier molecular flexibility index (Phi) is 6.87. The first-order valence-corrected chi connectivity index (χ1v) is 7.21. The van der Waals surface area contributed by atoms with E-state index in [1.807, 2.05) is 6.92 Å². The Bertz CT molecular complexity index is 466. The lowest BCUT2D eigenvalue weighted by Gasteiger charge is -2.06. The van der Waals surface area contributed by atoms with Crippen LogP contribution in [0.2, 0.25) is 5.02 Å². The van der Waals surface area contributed by atoms with Gasteiger partial charge in [-0.1, -0.05) is 18.5 Å². The van der Waals surface area contributed by atoms with E-state index in [9.17, 15) is 9.59 Å². The summed E-state index contributed by atoms with van der Waals surface area (Å²) in [4.78, 5) is 23.1. The van der Waals surface area contributed by atoms with E-state index in [2.05, 4.69) is 26.6 Å². The summed E-state index contributed by atoms with van der Waals surface area (Å²) < 4.78 is 0.669. The fourth-order valence-electron chi connectivity index (χ4n) is 1.38. The number of hydrogen-bond donors (Lipinski definition) is 2. The number of hydrogen-bond acceptors (Lipinski definition) is 2. The molecule has 0 unspecified atom stereocenters. The zero-order valence-corrected chi connectivity index (χ0v) is 13.0. The Morgan fingerprint density at radius 3 is 2.63 bits per heavy atom. The highest BCUT2D eigenvalue weighted by molar-refractivity contribution is 9.10. The van der Waals surface area contributed by atoms with Gasteiger partial charge in [-0.2, -0.15) is 0 Å². The van der Waals surface area contributed by atoms with Crippen LogP contribution in [-0.2, 0) is 4.79 Å². The molecule has 4 nitrogen and oxygen atoms in total. The van der Waals surface area contributed by atoms with E-state index in [1.54, 1.807) is 18.2 Å². The average molecular weight is 348 g/mol. The Morgan fingerprint density at radius 1 is 1.26 bits per heavy atom. The van der Waals surface area contributed by atoms with Gasteiger partial charge in [0.1, 0.15) is 0 Å². The van der Waals surface area contributed by atoms with Gasteiger partial charge in [-0.15, -0.1) is 0 Å². The number of benzene rings is 1. The Hall–Kier alpha value is -1.07. The van der Waals surface area contributed by atoms with Gasteiger partial charge in [0.25, 0.3) is 5.91 Å². The first-order valence-electron chi connectivity index (χ1n) is 6.04. The summed E-state index contributed by atoms with van der Waals surface area (Å²) in [6, 6.07) is 4.93. The Morgan fingerprint density at radius 2 is 2.00 bits per heavy atom. The fraction of sp³-hybridized carbons (Fsp3) is 0.385. The van der Waals surface area contributed by atoms with Crippen molar-refractivity contribution in [2.45, 2.75) is 19.8 Å². The number of nitrogens with one attached hydrogen (secondary N) is 2. The molecule has 0 aliphatic heterocycles. The largest absolute Gasteiger partial charge is 0.356 e. The number of amides is 2. The summed E-state index contributed by atoms with van der Waals surface area (Å²) in [5, 5.41) is 5.99. The van der Waals surface area contributed by atoms with Crippen molar-refractivity contribution in [3.8, 4) is 0 Å². The maximum atomic E-state index is 11.8. The van der Waals surface area contributed by atoms with Gasteiger partial charge in [-0.25, -0.2) is 0 Å². The molecule has 0 aliphatic rings. The van der Waals surface area contributed by atoms with Gasteiger partial charge in [0.2, 0.25) is 5.91 Å². The SMILES string of the molecule is CCCNC(=O)CCNC(=O)c1ccc(Cl)c(Br)c1. The van der Waals surface area contributed by atoms with Crippen LogP contribution in [0.5, 0.6) is 0 Å². The lowest BCUT2D eigenvalue weighted by atomic mass is 10.2. The number of halogens is 2. The standard InChI is InChI=1S/C13H16BrClN2O2/c1-2-6-16-12(18)5-7-17-13(19)9-3-4-11(15)10(14)8-9/h3-4,8H,2,5-7H2,1H3,(H,16,18)(H,17,19). The first-order chi connectivity index (χ1) is 9.04. The molecule has 6 heteroatoms. The van der Waals surface area contributed by atoms with Crippen molar-refractivity contribution in [2.75, 3.05) is 13.1 Å². The van der Waals surface area contributed by atoms with Gasteiger partial charge in [-0.3, -0.25) is 9.59 Å². The second-order valence-corrected chi connectivity index (χ2v) is 5.25. The predicted molar refractivity (Wildman–Crippen MR) is 79.4 cm³/mol. The van der Waals surface area contributed by atoms with E-state index >= 15 is 0 Å². The zero-order valence-electron chi connectivity index (χ0n) is 10.6. The highest BCUT2D eigenvalue weighted by Crippen LogP contribution is 2.23. The van der Waals surface area contributed by atoms with E-state index in [0.29, 0.717) is 28.1 Å². The van der Waals surface area contributed by atoms with Crippen molar-refractivity contribution in [3.05, 3.63) is 33.3 Å². The molecule has 104 valence electrons. The summed E-state index contributed by atoms with van der Waals surface area (Å²) >= 11 is 9.11. The molecule has 0 aliphatic carbocycles. The third-order valence-electron chi connectivity index (χ3n) is 2.39. The summed E-state index contributed by atoms with van der Waals surface area (Å²) in [7, 11) is 0. The molecule has 0 atom stereocenters. The lowest BCUT2D eigenvalue weighted by Crippen LogP contribution is -2.31. The quantitative estimate of drug-likeness (QED) is 0.831. The highest BCUT2D eigenvalue weighted by Gasteiger charge is 2.08. The van der Waals surface area contributed by atoms with Crippen LogP contribution in [0.4, 0.5) is 0 Å². The molecule has 0 saturated heterocycles. The van der Waals surface area contributed by atoms with Crippen LogP contribution in [-0.4, -0.2) is 24.9 Å². The van der Waals surface area contributed by atoms with Gasteiger partial charge in [-0.05, 0) is 40.5 Å². The molecular weight excluding hydrogens is 332 g/mol. The molecule has 0 saturated carbocycles. The van der Waals surface area contributed by atoms with Crippen molar-refractivity contribution < 1.29 is 9.59 Å². The normalized spacial score (nSPS) is 10.1. The molecule has 2 amide bonds. The summed E-state index contributed by atoms with van der Waals surface area (Å²) in [5.41, 5.74) is 0.505. The number of rotatable bonds is 6. The van der Waals surface area contributed by atoms with Crippen molar-refractivity contribution >= 4 is 39.3 Å². The molecule has 1 rings (SSSR count). The van der Waals surface area contributed by atoms with Crippen molar-refractivity contribution in [1.29, 1.82) is 0 Å². The monoisotopic (exact) mass is 346 g/mol. The maximum Gasteiger partial charge on any atom is 0.251 e. The number of carbonyl (C=O) groups excluding carboxylic acids is 2. The Balaban J connectivity index is 2.39. The van der Waals surface area contributed by atoms with E-state index in [1.165, 1.54) is 0 Å². The van der Waals surface area contributed by atoms with Gasteiger partial charge in [0.05, 0.1) is 5.02 Å². The third-order valence-corrected chi connectivity index (χ3v) is 3.61. The van der Waals surface area contributed by atoms with E-state index in [-0.39, 0.29) is 18.2 Å². The molecule has 0 heterocycles. The van der Waals surface area contributed by atoms with Crippen LogP contribution in [0.3, 0.4) is 0 Å². The van der Waals surface area contributed by atoms with E-state index in [4.69, 9.17) is 11.6 Å². The van der Waals surface area contributed by atoms with Gasteiger partial charge in [0, 0.05) is 29.5 Å². The highest BCUT2D eigenvalue weighted by atomic mass is 79.9. The molecule has 0 aromatic heterocycles. The van der Waals surface area contributed by atoms with Crippen LogP contribution in [0.15, 0.2) is 22.7 Å². The summed E-state index contributed by atoms with van der Waals surface area (Å²) in [6.07, 6.45) is 1.18. The molecule has 0 bridgehead atoms. The minimum Gasteiger partial charge on any atom is -0.356 e. The van der Waals surface area contributed by atoms with Gasteiger partial charge in [0.15, 0.2) is 0 Å². The van der Waals surface area contributed by atoms with E-state index in [0.717, 1.165) is 6.42 Å². The second-order valence-electron chi connectivity index (χ2n) is 3.98. The van der Waals surface area contributed by atoms with Crippen LogP contribution < -0.4 is 10.6 Å². The zero-order chi connectivity index (χ0) is 14.3. The lowest BCUT2D eigenvalue weighted by molar-refractivity contribution is -0.120. The van der Waals surface area contributed by atoms with E-state index < -0.39 is 0 Å². The van der Waals surface area contributed by atoms with Gasteiger partial charge >= 0.3 is 0 Å². The molecule has 1 aromatic rings. The topological polar surface area (TPSA) is 58.2 Å². The molecule has 0 fully saturated rings. The van der Waals surface area contributed by atoms with Gasteiger partial charge < -0.3 is 10.6 Å². The van der Waals surface area contributed by atoms with Crippen LogP contribution in [0.1, 0.15) is 30.1 Å². The Labute approximate surface area is 126 Å². The molecule has 0 radical (unpaired) electrons. The fourth-order valence-corrected chi connectivity index (χ4v) is 1.88. The minimum absolute atomic E-state index is 0.0561. The average Bonchev–Trinajstić information content (AvgIpc) is 2.39. The van der Waals surface area contributed by atoms with Crippen LogP contribution in [0, 0.1) is 0 Å². The molecular formula is C13H16BrClN2O2. The predicted octanol–water partition coefficient (Wildman–Crippen LogP) is 2.75. The molecule has 0 spiro atoms. The molecule has 2 N–H and O–H groups in total. The molecule has 1 aromatic carbocycles. The smallest absolute Gasteiger partial charge is 0.251 e. The maximum absolute atomic E-state index is 11.8. The van der Waals surface area contributed by atoms with Crippen LogP contribution >= 0.6 is 27.5 Å². The summed E-state index contributed by atoms with van der Waals surface area (Å²) in [6.45, 7) is 2.96. The second kappa shape index (κ2) is 8.17. The van der Waals surface area contributed by atoms with Crippen molar-refractivity contribution in [3.63, 3.8) is 0 Å². The number of carbonyl (C=O) groups is 2. The van der Waals surface area contributed by atoms with Crippen molar-refractivity contribution in [1.82, 2.24) is 10.6 Å². The van der Waals surface area contributed by atoms with Crippen LogP contribution in [0.25, 0.3) is 0 Å². The minimum atomic E-state index is -0.222. The third kappa shape index (κ3) is 5.61. The first kappa shape index (κ1) is 16.0.